The van der Waals surface area contributed by atoms with E-state index >= 15 is 0 Å². The summed E-state index contributed by atoms with van der Waals surface area (Å²) in [6.45, 7) is 0.597. The van der Waals surface area contributed by atoms with Gasteiger partial charge in [-0.2, -0.15) is 0 Å². The van der Waals surface area contributed by atoms with Crippen molar-refractivity contribution in [2.75, 3.05) is 6.54 Å². The summed E-state index contributed by atoms with van der Waals surface area (Å²) in [5, 5.41) is 20.6. The first kappa shape index (κ1) is 17.4. The maximum atomic E-state index is 12.0. The number of aliphatic hydroxyl groups is 1. The molecule has 1 atom stereocenters. The van der Waals surface area contributed by atoms with Crippen LogP contribution in [0, 0.1) is 0 Å². The van der Waals surface area contributed by atoms with Gasteiger partial charge in [-0.1, -0.05) is 0 Å². The summed E-state index contributed by atoms with van der Waals surface area (Å²) in [6, 6.07) is 5.24. The van der Waals surface area contributed by atoms with Gasteiger partial charge in [0.2, 0.25) is 10.0 Å². The molecule has 9 heteroatoms. The van der Waals surface area contributed by atoms with Gasteiger partial charge >= 0.3 is 5.97 Å². The molecule has 1 saturated carbocycles. The van der Waals surface area contributed by atoms with Gasteiger partial charge in [0.25, 0.3) is 5.91 Å². The van der Waals surface area contributed by atoms with Crippen molar-refractivity contribution in [3.63, 3.8) is 0 Å². The van der Waals surface area contributed by atoms with Gasteiger partial charge in [-0.15, -0.1) is 0 Å². The number of hydrogen-bond acceptors (Lipinski definition) is 5. The number of nitrogens with one attached hydrogen (secondary N) is 2. The molecule has 4 N–H and O–H groups in total. The van der Waals surface area contributed by atoms with E-state index in [1.54, 1.807) is 0 Å². The van der Waals surface area contributed by atoms with Crippen LogP contribution in [0.4, 0.5) is 0 Å². The normalized spacial score (nSPS) is 17.3. The molecule has 0 aromatic heterocycles. The zero-order chi connectivity index (χ0) is 17.3. The molecule has 1 aromatic carbocycles. The summed E-state index contributed by atoms with van der Waals surface area (Å²) < 4.78 is 26.5. The standard InChI is InChI=1S/C14H18N2O6S/c1-14(20,13(18)19)8-15-12(17)9-2-6-11(7-3-9)23(21,22)16-10-4-5-10/h2-3,6-7,10,16,20H,4-5,8H2,1H3,(H,15,17)(H,18,19). The van der Waals surface area contributed by atoms with Crippen LogP contribution in [0.25, 0.3) is 0 Å². The summed E-state index contributed by atoms with van der Waals surface area (Å²) in [7, 11) is -3.59. The summed E-state index contributed by atoms with van der Waals surface area (Å²) >= 11 is 0. The van der Waals surface area contributed by atoms with Crippen LogP contribution in [-0.4, -0.2) is 48.7 Å². The molecule has 0 bridgehead atoms. The molecule has 1 aliphatic rings. The number of hydrogen-bond donors (Lipinski definition) is 4. The van der Waals surface area contributed by atoms with E-state index < -0.39 is 34.0 Å². The Hall–Kier alpha value is -1.97. The first-order chi connectivity index (χ1) is 10.6. The molecule has 2 rings (SSSR count). The van der Waals surface area contributed by atoms with Crippen molar-refractivity contribution < 1.29 is 28.2 Å². The number of rotatable bonds is 7. The average Bonchev–Trinajstić information content (AvgIpc) is 3.28. The van der Waals surface area contributed by atoms with Crippen molar-refractivity contribution >= 4 is 21.9 Å². The highest BCUT2D eigenvalue weighted by Crippen LogP contribution is 2.22. The molecular formula is C14H18N2O6S. The lowest BCUT2D eigenvalue weighted by Crippen LogP contribution is -2.46. The van der Waals surface area contributed by atoms with Gasteiger partial charge in [-0.3, -0.25) is 4.79 Å². The van der Waals surface area contributed by atoms with Gasteiger partial charge in [0, 0.05) is 11.6 Å². The van der Waals surface area contributed by atoms with Gasteiger partial charge < -0.3 is 15.5 Å². The molecule has 1 amide bonds. The molecule has 0 radical (unpaired) electrons. The van der Waals surface area contributed by atoms with Gasteiger partial charge in [0.1, 0.15) is 0 Å². The fraction of sp³-hybridized carbons (Fsp3) is 0.429. The first-order valence-electron chi connectivity index (χ1n) is 6.98. The lowest BCUT2D eigenvalue weighted by Gasteiger charge is -2.18. The zero-order valence-corrected chi connectivity index (χ0v) is 13.3. The van der Waals surface area contributed by atoms with Gasteiger partial charge in [-0.05, 0) is 44.0 Å². The number of benzene rings is 1. The molecule has 23 heavy (non-hydrogen) atoms. The Morgan fingerprint density at radius 3 is 2.30 bits per heavy atom. The number of carbonyl (C=O) groups is 2. The van der Waals surface area contributed by atoms with Crippen molar-refractivity contribution in [3.8, 4) is 0 Å². The smallest absolute Gasteiger partial charge is 0.337 e. The van der Waals surface area contributed by atoms with Crippen molar-refractivity contribution in [1.29, 1.82) is 0 Å². The van der Waals surface area contributed by atoms with E-state index in [4.69, 9.17) is 5.11 Å². The monoisotopic (exact) mass is 342 g/mol. The van der Waals surface area contributed by atoms with Crippen molar-refractivity contribution in [2.45, 2.75) is 36.3 Å². The highest BCUT2D eigenvalue weighted by molar-refractivity contribution is 7.89. The number of carbonyl (C=O) groups excluding carboxylic acids is 1. The van der Waals surface area contributed by atoms with Crippen LogP contribution in [0.3, 0.4) is 0 Å². The molecular weight excluding hydrogens is 324 g/mol. The molecule has 0 spiro atoms. The third-order valence-electron chi connectivity index (χ3n) is 3.38. The molecule has 126 valence electrons. The molecule has 1 fully saturated rings. The van der Waals surface area contributed by atoms with E-state index in [1.807, 2.05) is 0 Å². The van der Waals surface area contributed by atoms with Gasteiger partial charge in [0.15, 0.2) is 5.60 Å². The minimum atomic E-state index is -3.59. The van der Waals surface area contributed by atoms with Crippen LogP contribution in [-0.2, 0) is 14.8 Å². The molecule has 8 nitrogen and oxygen atoms in total. The molecule has 1 unspecified atom stereocenters. The lowest BCUT2D eigenvalue weighted by molar-refractivity contribution is -0.155. The quantitative estimate of drug-likeness (QED) is 0.537. The Kier molecular flexibility index (Phi) is 4.73. The fourth-order valence-corrected chi connectivity index (χ4v) is 3.01. The average molecular weight is 342 g/mol. The van der Waals surface area contributed by atoms with Crippen LogP contribution in [0.2, 0.25) is 0 Å². The number of carboxylic acid groups (broad SMARTS) is 1. The minimum absolute atomic E-state index is 0.0128. The second-order valence-electron chi connectivity index (χ2n) is 5.68. The van der Waals surface area contributed by atoms with Crippen molar-refractivity contribution in [3.05, 3.63) is 29.8 Å². The number of sulfonamides is 1. The fourth-order valence-electron chi connectivity index (χ4n) is 1.70. The van der Waals surface area contributed by atoms with E-state index in [9.17, 15) is 23.1 Å². The predicted octanol–water partition coefficient (Wildman–Crippen LogP) is -0.307. The van der Waals surface area contributed by atoms with E-state index in [0.29, 0.717) is 0 Å². The van der Waals surface area contributed by atoms with Crippen molar-refractivity contribution in [2.24, 2.45) is 0 Å². The summed E-state index contributed by atoms with van der Waals surface area (Å²) in [5.41, 5.74) is -1.91. The first-order valence-corrected chi connectivity index (χ1v) is 8.46. The maximum Gasteiger partial charge on any atom is 0.337 e. The minimum Gasteiger partial charge on any atom is -0.479 e. The molecule has 1 aliphatic carbocycles. The van der Waals surface area contributed by atoms with Crippen LogP contribution in [0.15, 0.2) is 29.2 Å². The van der Waals surface area contributed by atoms with Crippen molar-refractivity contribution in [1.82, 2.24) is 10.0 Å². The van der Waals surface area contributed by atoms with Crippen LogP contribution >= 0.6 is 0 Å². The zero-order valence-electron chi connectivity index (χ0n) is 12.4. The highest BCUT2D eigenvalue weighted by atomic mass is 32.2. The van der Waals surface area contributed by atoms with E-state index in [1.165, 1.54) is 24.3 Å². The molecule has 1 aromatic rings. The highest BCUT2D eigenvalue weighted by Gasteiger charge is 2.30. The van der Waals surface area contributed by atoms with Crippen LogP contribution < -0.4 is 10.0 Å². The molecule has 0 aliphatic heterocycles. The second-order valence-corrected chi connectivity index (χ2v) is 7.40. The van der Waals surface area contributed by atoms with Gasteiger partial charge in [-0.25, -0.2) is 17.9 Å². The summed E-state index contributed by atoms with van der Waals surface area (Å²) in [6.07, 6.45) is 1.65. The topological polar surface area (TPSA) is 133 Å². The third-order valence-corrected chi connectivity index (χ3v) is 4.92. The Balaban J connectivity index is 2.01. The van der Waals surface area contributed by atoms with Gasteiger partial charge in [0.05, 0.1) is 11.4 Å². The summed E-state index contributed by atoms with van der Waals surface area (Å²) in [5.74, 6) is -2.06. The Labute approximate surface area is 133 Å². The third kappa shape index (κ3) is 4.50. The largest absolute Gasteiger partial charge is 0.479 e. The molecule has 0 saturated heterocycles. The Bertz CT molecular complexity index is 707. The predicted molar refractivity (Wildman–Crippen MR) is 80.4 cm³/mol. The van der Waals surface area contributed by atoms with Crippen LogP contribution in [0.5, 0.6) is 0 Å². The number of aliphatic carboxylic acids is 1. The summed E-state index contributed by atoms with van der Waals surface area (Å²) in [4.78, 5) is 22.7. The lowest BCUT2D eigenvalue weighted by atomic mass is 10.1. The number of carboxylic acids is 1. The second kappa shape index (κ2) is 6.26. The molecule has 0 heterocycles. The van der Waals surface area contributed by atoms with E-state index in [0.717, 1.165) is 19.8 Å². The maximum absolute atomic E-state index is 12.0. The number of amides is 1. The Morgan fingerprint density at radius 2 is 1.83 bits per heavy atom. The van der Waals surface area contributed by atoms with E-state index in [2.05, 4.69) is 10.0 Å². The Morgan fingerprint density at radius 1 is 1.26 bits per heavy atom. The van der Waals surface area contributed by atoms with E-state index in [-0.39, 0.29) is 16.5 Å². The van der Waals surface area contributed by atoms with Crippen LogP contribution in [0.1, 0.15) is 30.1 Å². The SMILES string of the molecule is CC(O)(CNC(=O)c1ccc(S(=O)(=O)NC2CC2)cc1)C(=O)O.